The summed E-state index contributed by atoms with van der Waals surface area (Å²) >= 11 is 2.00. The van der Waals surface area contributed by atoms with Crippen LogP contribution in [0.15, 0.2) is 29.3 Å². The highest BCUT2D eigenvalue weighted by atomic mass is 32.2. The number of benzene rings is 1. The highest BCUT2D eigenvalue weighted by Gasteiger charge is 2.50. The van der Waals surface area contributed by atoms with Crippen LogP contribution in [-0.2, 0) is 0 Å². The number of methoxy groups -OCH3 is 1. The second kappa shape index (κ2) is 4.63. The Bertz CT molecular complexity index is 519. The van der Waals surface area contributed by atoms with Crippen LogP contribution in [0.25, 0.3) is 0 Å². The van der Waals surface area contributed by atoms with Gasteiger partial charge >= 0.3 is 0 Å². The number of nitrogens with zero attached hydrogens (tertiary/aromatic N) is 2. The van der Waals surface area contributed by atoms with Crippen molar-refractivity contribution in [1.82, 2.24) is 0 Å². The molecule has 2 aliphatic heterocycles. The number of rotatable bonds is 2. The molecule has 0 amide bonds. The molecule has 102 valence electrons. The SMILES string of the molecule is COc1cccc(N2C(N)=NCC23CCSC3C)c1. The summed E-state index contributed by atoms with van der Waals surface area (Å²) in [4.78, 5) is 6.71. The van der Waals surface area contributed by atoms with Crippen molar-refractivity contribution in [3.05, 3.63) is 24.3 Å². The molecule has 4 nitrogen and oxygen atoms in total. The van der Waals surface area contributed by atoms with E-state index in [1.807, 2.05) is 30.0 Å². The molecule has 3 rings (SSSR count). The molecule has 5 heteroatoms. The lowest BCUT2D eigenvalue weighted by Gasteiger charge is -2.39. The Morgan fingerprint density at radius 3 is 3.05 bits per heavy atom. The Hall–Kier alpha value is -1.36. The minimum Gasteiger partial charge on any atom is -0.497 e. The fourth-order valence-electron chi connectivity index (χ4n) is 3.00. The zero-order valence-electron chi connectivity index (χ0n) is 11.3. The van der Waals surface area contributed by atoms with Crippen molar-refractivity contribution in [2.24, 2.45) is 10.7 Å². The molecule has 1 fully saturated rings. The lowest BCUT2D eigenvalue weighted by Crippen LogP contribution is -2.55. The normalized spacial score (nSPS) is 29.9. The number of anilines is 1. The Balaban J connectivity index is 2.02. The van der Waals surface area contributed by atoms with Crippen molar-refractivity contribution in [2.75, 3.05) is 24.3 Å². The molecule has 0 saturated carbocycles. The monoisotopic (exact) mass is 277 g/mol. The number of hydrogen-bond donors (Lipinski definition) is 1. The minimum absolute atomic E-state index is 0.0428. The van der Waals surface area contributed by atoms with E-state index in [0.717, 1.165) is 24.4 Å². The lowest BCUT2D eigenvalue weighted by atomic mass is 9.91. The van der Waals surface area contributed by atoms with E-state index in [1.165, 1.54) is 5.75 Å². The van der Waals surface area contributed by atoms with E-state index in [0.29, 0.717) is 11.2 Å². The average Bonchev–Trinajstić information content (AvgIpc) is 2.95. The van der Waals surface area contributed by atoms with Gasteiger partial charge in [0, 0.05) is 17.0 Å². The Morgan fingerprint density at radius 2 is 2.37 bits per heavy atom. The van der Waals surface area contributed by atoms with Crippen molar-refractivity contribution in [3.63, 3.8) is 0 Å². The standard InChI is InChI=1S/C14H19N3OS/c1-10-14(6-7-19-10)9-16-13(15)17(14)11-4-3-5-12(8-11)18-2/h3-5,8,10H,6-7,9H2,1-2H3,(H2,15,16). The summed E-state index contributed by atoms with van der Waals surface area (Å²) in [7, 11) is 1.68. The first kappa shape index (κ1) is 12.7. The molecule has 2 N–H and O–H groups in total. The van der Waals surface area contributed by atoms with E-state index in [9.17, 15) is 0 Å². The number of thioether (sulfide) groups is 1. The third-order valence-electron chi connectivity index (χ3n) is 4.16. The van der Waals surface area contributed by atoms with Crippen LogP contribution in [0, 0.1) is 0 Å². The van der Waals surface area contributed by atoms with Gasteiger partial charge in [0.25, 0.3) is 0 Å². The largest absolute Gasteiger partial charge is 0.497 e. The summed E-state index contributed by atoms with van der Waals surface area (Å²) in [6.07, 6.45) is 1.13. The van der Waals surface area contributed by atoms with Gasteiger partial charge in [0.05, 0.1) is 19.2 Å². The molecule has 2 atom stereocenters. The van der Waals surface area contributed by atoms with Crippen LogP contribution in [0.2, 0.25) is 0 Å². The molecule has 0 bridgehead atoms. The number of aliphatic imine (C=N–C) groups is 1. The second-order valence-corrected chi connectivity index (χ2v) is 6.53. The number of hydrogen-bond acceptors (Lipinski definition) is 5. The smallest absolute Gasteiger partial charge is 0.196 e. The van der Waals surface area contributed by atoms with Crippen LogP contribution in [-0.4, -0.2) is 36.2 Å². The van der Waals surface area contributed by atoms with Crippen LogP contribution >= 0.6 is 11.8 Å². The molecule has 1 saturated heterocycles. The van der Waals surface area contributed by atoms with E-state index in [1.54, 1.807) is 7.11 Å². The van der Waals surface area contributed by atoms with Gasteiger partial charge in [-0.1, -0.05) is 13.0 Å². The highest BCUT2D eigenvalue weighted by molar-refractivity contribution is 8.00. The summed E-state index contributed by atoms with van der Waals surface area (Å²) in [5.41, 5.74) is 7.26. The molecule has 2 heterocycles. The van der Waals surface area contributed by atoms with Crippen LogP contribution in [0.5, 0.6) is 5.75 Å². The first-order valence-corrected chi connectivity index (χ1v) is 7.58. The molecular weight excluding hydrogens is 258 g/mol. The summed E-state index contributed by atoms with van der Waals surface area (Å²) in [6.45, 7) is 3.07. The summed E-state index contributed by atoms with van der Waals surface area (Å²) < 4.78 is 5.32. The van der Waals surface area contributed by atoms with Gasteiger partial charge in [-0.05, 0) is 24.3 Å². The van der Waals surface area contributed by atoms with Crippen molar-refractivity contribution in [1.29, 1.82) is 0 Å². The molecule has 2 unspecified atom stereocenters. The summed E-state index contributed by atoms with van der Waals surface area (Å²) in [5, 5.41) is 0.531. The van der Waals surface area contributed by atoms with Crippen LogP contribution in [0.1, 0.15) is 13.3 Å². The quantitative estimate of drug-likeness (QED) is 0.899. The van der Waals surface area contributed by atoms with Crippen LogP contribution < -0.4 is 15.4 Å². The number of nitrogens with two attached hydrogens (primary N) is 1. The van der Waals surface area contributed by atoms with Crippen LogP contribution in [0.4, 0.5) is 5.69 Å². The Kier molecular flexibility index (Phi) is 3.09. The third-order valence-corrected chi connectivity index (χ3v) is 5.54. The van der Waals surface area contributed by atoms with Gasteiger partial charge in [-0.15, -0.1) is 0 Å². The molecule has 0 aliphatic carbocycles. The van der Waals surface area contributed by atoms with Crippen molar-refractivity contribution >= 4 is 23.4 Å². The third kappa shape index (κ3) is 1.87. The molecule has 2 aliphatic rings. The van der Waals surface area contributed by atoms with E-state index < -0.39 is 0 Å². The molecule has 0 radical (unpaired) electrons. The summed E-state index contributed by atoms with van der Waals surface area (Å²) in [6, 6.07) is 8.06. The van der Waals surface area contributed by atoms with E-state index in [2.05, 4.69) is 22.9 Å². The van der Waals surface area contributed by atoms with E-state index >= 15 is 0 Å². The molecule has 1 aromatic carbocycles. The maximum absolute atomic E-state index is 6.15. The Labute approximate surface area is 118 Å². The summed E-state index contributed by atoms with van der Waals surface area (Å²) in [5.74, 6) is 2.65. The first-order chi connectivity index (χ1) is 9.17. The zero-order chi connectivity index (χ0) is 13.5. The highest BCUT2D eigenvalue weighted by Crippen LogP contribution is 2.45. The number of ether oxygens (including phenoxy) is 1. The molecular formula is C14H19N3OS. The van der Waals surface area contributed by atoms with E-state index in [-0.39, 0.29) is 5.54 Å². The van der Waals surface area contributed by atoms with Gasteiger partial charge in [0.15, 0.2) is 5.96 Å². The molecule has 1 aromatic rings. The zero-order valence-corrected chi connectivity index (χ0v) is 12.1. The lowest BCUT2D eigenvalue weighted by molar-refractivity contribution is 0.414. The topological polar surface area (TPSA) is 50.9 Å². The van der Waals surface area contributed by atoms with E-state index in [4.69, 9.17) is 10.5 Å². The van der Waals surface area contributed by atoms with Gasteiger partial charge in [-0.25, -0.2) is 0 Å². The molecule has 0 aromatic heterocycles. The maximum Gasteiger partial charge on any atom is 0.196 e. The maximum atomic E-state index is 6.15. The number of guanidine groups is 1. The van der Waals surface area contributed by atoms with Gasteiger partial charge in [-0.2, -0.15) is 11.8 Å². The van der Waals surface area contributed by atoms with Crippen LogP contribution in [0.3, 0.4) is 0 Å². The Morgan fingerprint density at radius 1 is 1.53 bits per heavy atom. The first-order valence-electron chi connectivity index (χ1n) is 6.53. The van der Waals surface area contributed by atoms with Gasteiger partial charge in [0.2, 0.25) is 0 Å². The second-order valence-electron chi connectivity index (χ2n) is 5.08. The fourth-order valence-corrected chi connectivity index (χ4v) is 4.43. The average molecular weight is 277 g/mol. The minimum atomic E-state index is 0.0428. The van der Waals surface area contributed by atoms with Gasteiger partial charge < -0.3 is 15.4 Å². The predicted octanol–water partition coefficient (Wildman–Crippen LogP) is 2.09. The van der Waals surface area contributed by atoms with Crippen molar-refractivity contribution in [2.45, 2.75) is 24.1 Å². The van der Waals surface area contributed by atoms with Gasteiger partial charge in [-0.3, -0.25) is 4.99 Å². The van der Waals surface area contributed by atoms with Crippen molar-refractivity contribution in [3.8, 4) is 5.75 Å². The molecule has 1 spiro atoms. The fraction of sp³-hybridized carbons (Fsp3) is 0.500. The van der Waals surface area contributed by atoms with Gasteiger partial charge in [0.1, 0.15) is 5.75 Å². The van der Waals surface area contributed by atoms with Crippen molar-refractivity contribution < 1.29 is 4.74 Å². The predicted molar refractivity (Wildman–Crippen MR) is 81.2 cm³/mol. The molecule has 19 heavy (non-hydrogen) atoms.